The molecule has 2 atom stereocenters. The summed E-state index contributed by atoms with van der Waals surface area (Å²) in [6, 6.07) is 11.2. The van der Waals surface area contributed by atoms with Crippen molar-refractivity contribution in [2.24, 2.45) is 5.41 Å². The van der Waals surface area contributed by atoms with Gasteiger partial charge < -0.3 is 39.3 Å². The molecule has 5 fully saturated rings. The van der Waals surface area contributed by atoms with E-state index in [1.54, 1.807) is 17.9 Å². The third kappa shape index (κ3) is 9.19. The van der Waals surface area contributed by atoms with Crippen molar-refractivity contribution in [2.75, 3.05) is 89.0 Å². The van der Waals surface area contributed by atoms with Gasteiger partial charge in [0.25, 0.3) is 5.91 Å². The van der Waals surface area contributed by atoms with Crippen LogP contribution in [-0.2, 0) is 27.3 Å². The number of fused-ring (bicyclic) bond motifs is 3. The number of rotatable bonds is 13. The van der Waals surface area contributed by atoms with Gasteiger partial charge in [-0.15, -0.1) is 0 Å². The van der Waals surface area contributed by atoms with Crippen LogP contribution in [0.1, 0.15) is 86.7 Å². The van der Waals surface area contributed by atoms with E-state index >= 15 is 8.78 Å². The summed E-state index contributed by atoms with van der Waals surface area (Å²) in [7, 11) is 1.82. The number of pyridine rings is 1. The number of carbonyl (C=O) groups is 3. The van der Waals surface area contributed by atoms with Crippen LogP contribution >= 0.6 is 0 Å². The van der Waals surface area contributed by atoms with Crippen LogP contribution in [0.25, 0.3) is 32.9 Å². The lowest BCUT2D eigenvalue weighted by Gasteiger charge is -2.46. The van der Waals surface area contributed by atoms with Gasteiger partial charge in [-0.1, -0.05) is 13.0 Å². The van der Waals surface area contributed by atoms with E-state index in [9.17, 15) is 24.6 Å². The molecule has 1 saturated carbocycles. The Morgan fingerprint density at radius 2 is 1.65 bits per heavy atom. The maximum atomic E-state index is 17.2. The smallest absolute Gasteiger partial charge is 0.319 e. The molecule has 5 aliphatic heterocycles. The number of aliphatic hydroxyl groups is 1. The fourth-order valence-corrected chi connectivity index (χ4v) is 12.0. The molecule has 7 heterocycles. The molecule has 5 aromatic rings. The molecule has 3 amide bonds. The number of phenols is 1. The summed E-state index contributed by atoms with van der Waals surface area (Å²) in [6.07, 6.45) is 7.49. The fraction of sp³-hybridized carbons (Fsp3) is 0.519. The minimum absolute atomic E-state index is 0.00429. The second-order valence-corrected chi connectivity index (χ2v) is 21.5. The number of hydrogen-bond donors (Lipinski definition) is 3. The first-order valence-electron chi connectivity index (χ1n) is 25.6. The Bertz CT molecular complexity index is 2970. The number of hydrogen-bond acceptors (Lipinski definition) is 14. The summed E-state index contributed by atoms with van der Waals surface area (Å²) >= 11 is 0. The van der Waals surface area contributed by atoms with Crippen LogP contribution in [0.5, 0.6) is 11.8 Å². The highest BCUT2D eigenvalue weighted by Crippen LogP contribution is 2.48. The normalized spacial score (nSPS) is 23.5. The Morgan fingerprint density at radius 1 is 0.875 bits per heavy atom. The van der Waals surface area contributed by atoms with E-state index in [0.29, 0.717) is 78.5 Å². The Hall–Kier alpha value is -6.08. The Kier molecular flexibility index (Phi) is 12.6. The number of benzene rings is 3. The van der Waals surface area contributed by atoms with E-state index in [0.717, 1.165) is 89.3 Å². The maximum Gasteiger partial charge on any atom is 0.319 e. The molecule has 380 valence electrons. The first kappa shape index (κ1) is 48.2. The summed E-state index contributed by atoms with van der Waals surface area (Å²) in [5.41, 5.74) is 1.80. The number of nitrogens with zero attached hydrogens (tertiary/aromatic N) is 8. The molecule has 16 nitrogen and oxygen atoms in total. The highest BCUT2D eigenvalue weighted by atomic mass is 19.1. The summed E-state index contributed by atoms with van der Waals surface area (Å²) in [4.78, 5) is 62.6. The van der Waals surface area contributed by atoms with Gasteiger partial charge in [-0.3, -0.25) is 29.6 Å². The van der Waals surface area contributed by atoms with E-state index < -0.39 is 29.2 Å². The van der Waals surface area contributed by atoms with Gasteiger partial charge in [-0.25, -0.2) is 8.78 Å². The van der Waals surface area contributed by atoms with Gasteiger partial charge in [-0.2, -0.15) is 9.97 Å². The van der Waals surface area contributed by atoms with E-state index in [-0.39, 0.29) is 64.3 Å². The van der Waals surface area contributed by atoms with E-state index in [1.165, 1.54) is 24.4 Å². The van der Waals surface area contributed by atoms with Crippen LogP contribution in [-0.4, -0.2) is 154 Å². The first-order valence-corrected chi connectivity index (χ1v) is 25.6. The predicted molar refractivity (Wildman–Crippen MR) is 267 cm³/mol. The Labute approximate surface area is 417 Å². The lowest BCUT2D eigenvalue weighted by atomic mass is 9.89. The number of aryl methyl sites for hydroxylation is 1. The molecule has 0 unspecified atom stereocenters. The average Bonchev–Trinajstić information content (AvgIpc) is 4.06. The van der Waals surface area contributed by atoms with Crippen molar-refractivity contribution in [2.45, 2.75) is 95.4 Å². The van der Waals surface area contributed by atoms with Crippen molar-refractivity contribution < 1.29 is 42.9 Å². The number of halogens is 2. The number of likely N-dealkylation sites (tertiary alicyclic amines) is 1. The highest BCUT2D eigenvalue weighted by molar-refractivity contribution is 6.06. The Balaban J connectivity index is 0.741. The van der Waals surface area contributed by atoms with Crippen LogP contribution in [0.2, 0.25) is 0 Å². The number of aromatic nitrogens is 3. The molecule has 3 aromatic carbocycles. The monoisotopic (exact) mass is 987 g/mol. The zero-order valence-electron chi connectivity index (χ0n) is 41.3. The van der Waals surface area contributed by atoms with Crippen LogP contribution < -0.4 is 19.9 Å². The molecule has 0 radical (unpaired) electrons. The SMILES string of the molecule is CCc1c(F)ccc2cc(O)cc(-c3ncc4c(N5CCC[C@@](C)(O)C5)nc(OCC5(CN6CCC(CN7CCN(c8ccc9c(c8)CN([C@H]8CCC(=O)NC8=O)C9=O)CC7)(OC)CC6)CC5)nc4c3F)c12. The van der Waals surface area contributed by atoms with E-state index in [1.807, 2.05) is 31.1 Å². The minimum atomic E-state index is -0.979. The third-order valence-corrected chi connectivity index (χ3v) is 16.4. The molecule has 72 heavy (non-hydrogen) atoms. The number of piperidine rings is 3. The molecule has 18 heteroatoms. The Morgan fingerprint density at radius 3 is 2.38 bits per heavy atom. The van der Waals surface area contributed by atoms with Gasteiger partial charge in [0.1, 0.15) is 34.6 Å². The zero-order valence-corrected chi connectivity index (χ0v) is 41.3. The van der Waals surface area contributed by atoms with Gasteiger partial charge in [0.15, 0.2) is 5.82 Å². The molecular weight excluding hydrogens is 925 g/mol. The van der Waals surface area contributed by atoms with Crippen LogP contribution in [0, 0.1) is 17.0 Å². The molecule has 11 rings (SSSR count). The largest absolute Gasteiger partial charge is 0.508 e. The number of imide groups is 1. The predicted octanol–water partition coefficient (Wildman–Crippen LogP) is 5.97. The number of piperazine rings is 1. The van der Waals surface area contributed by atoms with Crippen molar-refractivity contribution in [1.82, 2.24) is 35.0 Å². The number of amides is 3. The van der Waals surface area contributed by atoms with Crippen molar-refractivity contribution in [1.29, 1.82) is 0 Å². The lowest BCUT2D eigenvalue weighted by Crippen LogP contribution is -2.56. The first-order chi connectivity index (χ1) is 34.6. The van der Waals surface area contributed by atoms with Crippen molar-refractivity contribution in [3.63, 3.8) is 0 Å². The van der Waals surface area contributed by atoms with Crippen LogP contribution in [0.4, 0.5) is 20.3 Å². The van der Waals surface area contributed by atoms with Gasteiger partial charge >= 0.3 is 6.01 Å². The number of carbonyl (C=O) groups excluding carboxylic acids is 3. The number of ether oxygens (including phenoxy) is 2. The van der Waals surface area contributed by atoms with Gasteiger partial charge in [0, 0.05) is 114 Å². The second-order valence-electron chi connectivity index (χ2n) is 21.5. The molecule has 6 aliphatic rings. The average molecular weight is 988 g/mol. The summed E-state index contributed by atoms with van der Waals surface area (Å²) in [5, 5.41) is 25.7. The third-order valence-electron chi connectivity index (χ3n) is 16.4. The minimum Gasteiger partial charge on any atom is -0.508 e. The van der Waals surface area contributed by atoms with Crippen molar-refractivity contribution >= 4 is 50.9 Å². The van der Waals surface area contributed by atoms with Crippen LogP contribution in [0.3, 0.4) is 0 Å². The molecule has 0 spiro atoms. The quantitative estimate of drug-likeness (QED) is 0.118. The van der Waals surface area contributed by atoms with Gasteiger partial charge in [0.2, 0.25) is 11.8 Å². The fourth-order valence-electron chi connectivity index (χ4n) is 12.0. The molecular formula is C54H63F2N9O7. The molecule has 0 bridgehead atoms. The lowest BCUT2D eigenvalue weighted by molar-refractivity contribution is -0.136. The van der Waals surface area contributed by atoms with Crippen molar-refractivity contribution in [3.05, 3.63) is 77.0 Å². The van der Waals surface area contributed by atoms with Crippen molar-refractivity contribution in [3.8, 4) is 23.0 Å². The summed E-state index contributed by atoms with van der Waals surface area (Å²) < 4.78 is 45.2. The molecule has 2 aromatic heterocycles. The summed E-state index contributed by atoms with van der Waals surface area (Å²) in [5.74, 6) is -1.70. The second kappa shape index (κ2) is 18.8. The number of nitrogens with one attached hydrogen (secondary N) is 1. The molecule has 4 saturated heterocycles. The number of methoxy groups -OCH3 is 1. The topological polar surface area (TPSA) is 177 Å². The van der Waals surface area contributed by atoms with E-state index in [4.69, 9.17) is 19.4 Å². The number of β-amino-alcohol motifs (C(OH)–C–C–N with tert-alkyl or cyclic N) is 1. The zero-order chi connectivity index (χ0) is 50.1. The maximum absolute atomic E-state index is 17.2. The van der Waals surface area contributed by atoms with E-state index in [2.05, 4.69) is 31.1 Å². The molecule has 3 N–H and O–H groups in total. The standard InChI is InChI=1S/C54H63F2N9O7/c1-4-37-41(55)9-6-33-25-36(66)26-39(44(33)37)46-45(56)47-40(27-57-46)48(64-17-5-12-52(2,70)29-64)60-51(59-47)72-32-53(13-14-53)30-61-18-15-54(71-3,16-19-61)31-62-20-22-63(23-21-62)35-7-8-38-34(24-35)28-65(50(38)69)42-10-11-43(67)58-49(42)68/h6-9,24-27,42,66,70H,4-5,10-23,28-32H2,1-3H3,(H,58,67,68)/t42-,52+/m0/s1. The number of anilines is 2. The number of aromatic hydroxyl groups is 1. The van der Waals surface area contributed by atoms with Crippen LogP contribution in [0.15, 0.2) is 48.7 Å². The van der Waals surface area contributed by atoms with Gasteiger partial charge in [-0.05, 0) is 117 Å². The number of phenolic OH excluding ortho intramolecular Hbond substituents is 1. The molecule has 1 aliphatic carbocycles. The highest BCUT2D eigenvalue weighted by Gasteiger charge is 2.47. The van der Waals surface area contributed by atoms with Gasteiger partial charge in [0.05, 0.1) is 23.2 Å². The summed E-state index contributed by atoms with van der Waals surface area (Å²) in [6.45, 7) is 12.0.